The fraction of sp³-hybridized carbons (Fsp3) is 0.192. The third-order valence-corrected chi connectivity index (χ3v) is 6.41. The van der Waals surface area contributed by atoms with Crippen LogP contribution in [0.25, 0.3) is 23.1 Å². The van der Waals surface area contributed by atoms with Crippen molar-refractivity contribution in [3.05, 3.63) is 81.2 Å². The summed E-state index contributed by atoms with van der Waals surface area (Å²) in [6.45, 7) is 3.19. The third kappa shape index (κ3) is 5.41. The first-order valence-electron chi connectivity index (χ1n) is 11.0. The highest BCUT2D eigenvalue weighted by Crippen LogP contribution is 2.25. The minimum Gasteiger partial charge on any atom is -0.351 e. The van der Waals surface area contributed by atoms with Crippen LogP contribution < -0.4 is 10.6 Å². The van der Waals surface area contributed by atoms with Gasteiger partial charge in [-0.05, 0) is 67.9 Å². The number of fused-ring (bicyclic) bond motifs is 1. The molecule has 2 amide bonds. The number of amides is 2. The summed E-state index contributed by atoms with van der Waals surface area (Å²) in [4.78, 5) is 28.3. The minimum atomic E-state index is -0.197. The average Bonchev–Trinajstić information content (AvgIpc) is 3.44. The first-order valence-corrected chi connectivity index (χ1v) is 11.8. The lowest BCUT2D eigenvalue weighted by atomic mass is 10.1. The second-order valence-corrected chi connectivity index (χ2v) is 9.15. The monoisotopic (exact) mass is 473 g/mol. The Labute approximate surface area is 202 Å². The second-order valence-electron chi connectivity index (χ2n) is 8.24. The Balaban J connectivity index is 1.63. The highest BCUT2D eigenvalue weighted by Gasteiger charge is 2.15. The van der Waals surface area contributed by atoms with Crippen LogP contribution in [0.4, 0.5) is 5.69 Å². The minimum absolute atomic E-state index is 0.182. The summed E-state index contributed by atoms with van der Waals surface area (Å²) in [5, 5.41) is 16.2. The Bertz CT molecular complexity index is 1350. The van der Waals surface area contributed by atoms with Gasteiger partial charge in [0.05, 0.1) is 16.1 Å². The first kappa shape index (κ1) is 23.4. The van der Waals surface area contributed by atoms with Crippen LogP contribution in [0.15, 0.2) is 53.9 Å². The van der Waals surface area contributed by atoms with E-state index < -0.39 is 0 Å². The summed E-state index contributed by atoms with van der Waals surface area (Å²) >= 11 is 1.39. The van der Waals surface area contributed by atoms with Crippen molar-refractivity contribution in [2.75, 3.05) is 32.5 Å². The number of para-hydroxylation sites is 1. The summed E-state index contributed by atoms with van der Waals surface area (Å²) in [5.41, 5.74) is 4.49. The second kappa shape index (κ2) is 10.5. The number of carbonyl (C=O) groups is 2. The normalized spacial score (nSPS) is 11.4. The fourth-order valence-electron chi connectivity index (χ4n) is 3.51. The zero-order valence-corrected chi connectivity index (χ0v) is 20.2. The van der Waals surface area contributed by atoms with Crippen LogP contribution in [-0.4, -0.2) is 54.1 Å². The van der Waals surface area contributed by atoms with E-state index in [0.29, 0.717) is 22.7 Å². The van der Waals surface area contributed by atoms with Crippen molar-refractivity contribution in [3.63, 3.8) is 0 Å². The lowest BCUT2D eigenvalue weighted by Gasteiger charge is -2.13. The van der Waals surface area contributed by atoms with Gasteiger partial charge in [0.2, 0.25) is 0 Å². The molecule has 2 aromatic heterocycles. The number of thiophene rings is 1. The Morgan fingerprint density at radius 3 is 2.68 bits per heavy atom. The van der Waals surface area contributed by atoms with Gasteiger partial charge in [-0.1, -0.05) is 30.3 Å². The predicted molar refractivity (Wildman–Crippen MR) is 139 cm³/mol. The van der Waals surface area contributed by atoms with E-state index in [9.17, 15) is 9.59 Å². The molecule has 174 valence electrons. The molecule has 2 heterocycles. The number of anilines is 1. The maximum Gasteiger partial charge on any atom is 0.266 e. The largest absolute Gasteiger partial charge is 0.351 e. The molecule has 0 aliphatic heterocycles. The molecular weight excluding hydrogens is 446 g/mol. The maximum atomic E-state index is 12.9. The predicted octanol–water partition coefficient (Wildman–Crippen LogP) is 4.65. The number of nitrogens with one attached hydrogen (secondary N) is 3. The fourth-order valence-corrected chi connectivity index (χ4v) is 4.33. The molecule has 4 rings (SSSR count). The molecule has 0 saturated carbocycles. The first-order chi connectivity index (χ1) is 16.4. The summed E-state index contributed by atoms with van der Waals surface area (Å²) in [7, 11) is 3.91. The zero-order valence-electron chi connectivity index (χ0n) is 19.4. The van der Waals surface area contributed by atoms with Crippen molar-refractivity contribution in [1.82, 2.24) is 20.4 Å². The molecule has 7 nitrogen and oxygen atoms in total. The van der Waals surface area contributed by atoms with Crippen LogP contribution in [0.5, 0.6) is 0 Å². The summed E-state index contributed by atoms with van der Waals surface area (Å²) in [5.74, 6) is -0.379. The highest BCUT2D eigenvalue weighted by atomic mass is 32.1. The van der Waals surface area contributed by atoms with Crippen molar-refractivity contribution in [2.24, 2.45) is 0 Å². The van der Waals surface area contributed by atoms with Gasteiger partial charge in [0, 0.05) is 29.7 Å². The number of H-pyrrole nitrogens is 1. The van der Waals surface area contributed by atoms with Gasteiger partial charge < -0.3 is 15.5 Å². The Morgan fingerprint density at radius 1 is 1.09 bits per heavy atom. The van der Waals surface area contributed by atoms with Gasteiger partial charge in [0.1, 0.15) is 0 Å². The van der Waals surface area contributed by atoms with Crippen molar-refractivity contribution >= 4 is 51.9 Å². The van der Waals surface area contributed by atoms with Crippen LogP contribution in [0.3, 0.4) is 0 Å². The smallest absolute Gasteiger partial charge is 0.266 e. The number of aromatic amines is 1. The van der Waals surface area contributed by atoms with Crippen LogP contribution in [-0.2, 0) is 0 Å². The number of rotatable bonds is 8. The van der Waals surface area contributed by atoms with E-state index in [4.69, 9.17) is 0 Å². The molecule has 34 heavy (non-hydrogen) atoms. The number of nitrogens with zero attached hydrogens (tertiary/aromatic N) is 2. The number of hydrogen-bond acceptors (Lipinski definition) is 5. The van der Waals surface area contributed by atoms with Gasteiger partial charge in [-0.15, -0.1) is 11.3 Å². The molecule has 0 spiro atoms. The topological polar surface area (TPSA) is 90.1 Å². The molecule has 0 radical (unpaired) electrons. The number of aromatic nitrogens is 2. The van der Waals surface area contributed by atoms with Crippen LogP contribution in [0.1, 0.15) is 36.9 Å². The highest BCUT2D eigenvalue weighted by molar-refractivity contribution is 7.12. The molecule has 0 aliphatic carbocycles. The summed E-state index contributed by atoms with van der Waals surface area (Å²) < 4.78 is 0. The van der Waals surface area contributed by atoms with E-state index >= 15 is 0 Å². The lowest BCUT2D eigenvalue weighted by Crippen LogP contribution is -2.31. The molecule has 0 unspecified atom stereocenters. The SMILES string of the molecule is Cc1ccsc1C(=O)Nc1cc(C(=O)NCCN(C)C)ccc1C=Cc1n[nH]c2ccccc12. The van der Waals surface area contributed by atoms with Crippen LogP contribution >= 0.6 is 11.3 Å². The van der Waals surface area contributed by atoms with E-state index in [1.165, 1.54) is 11.3 Å². The molecule has 0 atom stereocenters. The van der Waals surface area contributed by atoms with Crippen LogP contribution in [0.2, 0.25) is 0 Å². The number of aryl methyl sites for hydroxylation is 1. The number of hydrogen-bond donors (Lipinski definition) is 3. The molecule has 0 aliphatic rings. The Hall–Kier alpha value is -3.75. The number of benzene rings is 2. The van der Waals surface area contributed by atoms with E-state index in [-0.39, 0.29) is 11.8 Å². The van der Waals surface area contributed by atoms with Gasteiger partial charge in [-0.25, -0.2) is 0 Å². The molecular formula is C26H27N5O2S. The Kier molecular flexibility index (Phi) is 7.20. The molecule has 0 fully saturated rings. The van der Waals surface area contributed by atoms with E-state index in [1.54, 1.807) is 12.1 Å². The van der Waals surface area contributed by atoms with Gasteiger partial charge >= 0.3 is 0 Å². The molecule has 3 N–H and O–H groups in total. The lowest BCUT2D eigenvalue weighted by molar-refractivity contribution is 0.0949. The molecule has 4 aromatic rings. The van der Waals surface area contributed by atoms with Gasteiger partial charge in [-0.2, -0.15) is 5.10 Å². The average molecular weight is 474 g/mol. The van der Waals surface area contributed by atoms with Gasteiger partial charge in [0.15, 0.2) is 0 Å². The van der Waals surface area contributed by atoms with Gasteiger partial charge in [0.25, 0.3) is 11.8 Å². The zero-order chi connectivity index (χ0) is 24.1. The number of carbonyl (C=O) groups excluding carboxylic acids is 2. The molecule has 0 saturated heterocycles. The van der Waals surface area contributed by atoms with E-state index in [2.05, 4.69) is 20.8 Å². The third-order valence-electron chi connectivity index (χ3n) is 5.40. The van der Waals surface area contributed by atoms with Crippen LogP contribution in [0, 0.1) is 6.92 Å². The maximum absolute atomic E-state index is 12.9. The van der Waals surface area contributed by atoms with Crippen molar-refractivity contribution < 1.29 is 9.59 Å². The molecule has 8 heteroatoms. The molecule has 2 aromatic carbocycles. The quantitative estimate of drug-likeness (QED) is 0.348. The summed E-state index contributed by atoms with van der Waals surface area (Å²) in [6.07, 6.45) is 3.80. The Morgan fingerprint density at radius 2 is 1.91 bits per heavy atom. The van der Waals surface area contributed by atoms with E-state index in [0.717, 1.165) is 34.3 Å². The molecule has 0 bridgehead atoms. The van der Waals surface area contributed by atoms with Crippen molar-refractivity contribution in [1.29, 1.82) is 0 Å². The summed E-state index contributed by atoms with van der Waals surface area (Å²) in [6, 6.07) is 15.1. The van der Waals surface area contributed by atoms with E-state index in [1.807, 2.05) is 79.8 Å². The van der Waals surface area contributed by atoms with Gasteiger partial charge in [-0.3, -0.25) is 14.7 Å². The van der Waals surface area contributed by atoms with Crippen molar-refractivity contribution in [2.45, 2.75) is 6.92 Å². The van der Waals surface area contributed by atoms with Crippen molar-refractivity contribution in [3.8, 4) is 0 Å². The standard InChI is InChI=1S/C26H27N5O2S/c1-17-12-15-34-24(17)26(33)28-23-16-19(25(32)27-13-14-31(2)3)9-8-18(23)10-11-22-20-6-4-5-7-21(20)29-30-22/h4-12,15-16H,13-14H2,1-3H3,(H,27,32)(H,28,33)(H,29,30). The number of likely N-dealkylation sites (N-methyl/N-ethyl adjacent to an activating group) is 1.